The fraction of sp³-hybridized carbons (Fsp3) is 0.167. The minimum absolute atomic E-state index is 0.323. The van der Waals surface area contributed by atoms with E-state index < -0.39 is 11.8 Å². The Morgan fingerprint density at radius 1 is 0.862 bits per heavy atom. The summed E-state index contributed by atoms with van der Waals surface area (Å²) in [4.78, 5) is 27.0. The normalized spacial score (nSPS) is 10.2. The molecule has 2 amide bonds. The molecule has 0 aromatic heterocycles. The number of carbonyl (C=O) groups is 2. The Hall–Kier alpha value is -3.60. The summed E-state index contributed by atoms with van der Waals surface area (Å²) in [5.74, 6) is -0.442. The number of nitrogens with zero attached hydrogens (tertiary/aromatic N) is 1. The van der Waals surface area contributed by atoms with Gasteiger partial charge in [0.25, 0.3) is 0 Å². The second kappa shape index (κ2) is 10.1. The van der Waals surface area contributed by atoms with Gasteiger partial charge in [-0.15, -0.1) is 0 Å². The Balaban J connectivity index is 1.67. The van der Waals surface area contributed by atoms with Crippen molar-refractivity contribution in [1.82, 2.24) is 5.32 Å². The molecule has 5 heteroatoms. The first-order valence-electron chi connectivity index (χ1n) is 9.49. The van der Waals surface area contributed by atoms with Crippen molar-refractivity contribution in [2.24, 2.45) is 0 Å². The van der Waals surface area contributed by atoms with E-state index in [4.69, 9.17) is 4.74 Å². The highest BCUT2D eigenvalue weighted by molar-refractivity contribution is 6.40. The fourth-order valence-corrected chi connectivity index (χ4v) is 3.07. The van der Waals surface area contributed by atoms with Gasteiger partial charge < -0.3 is 10.1 Å². The molecule has 0 heterocycles. The first-order valence-corrected chi connectivity index (χ1v) is 9.49. The summed E-state index contributed by atoms with van der Waals surface area (Å²) in [6.45, 7) is 0.669. The Morgan fingerprint density at radius 2 is 1.48 bits per heavy atom. The van der Waals surface area contributed by atoms with Crippen LogP contribution in [0.15, 0.2) is 84.9 Å². The van der Waals surface area contributed by atoms with Crippen LogP contribution in [0.5, 0.6) is 5.75 Å². The molecule has 5 nitrogen and oxygen atoms in total. The third-order valence-electron chi connectivity index (χ3n) is 4.56. The summed E-state index contributed by atoms with van der Waals surface area (Å²) in [5, 5.41) is 2.73. The van der Waals surface area contributed by atoms with Gasteiger partial charge in [0.05, 0.1) is 13.7 Å². The molecule has 0 aliphatic carbocycles. The molecular weight excluding hydrogens is 364 g/mol. The lowest BCUT2D eigenvalue weighted by Crippen LogP contribution is -2.43. The Bertz CT molecular complexity index is 943. The van der Waals surface area contributed by atoms with Crippen molar-refractivity contribution in [3.63, 3.8) is 0 Å². The number of benzene rings is 3. The number of amides is 2. The highest BCUT2D eigenvalue weighted by Crippen LogP contribution is 2.18. The van der Waals surface area contributed by atoms with Crippen molar-refractivity contribution in [2.45, 2.75) is 13.0 Å². The van der Waals surface area contributed by atoms with Crippen LogP contribution in [0.4, 0.5) is 5.69 Å². The number of carbonyl (C=O) groups excluding carboxylic acids is 2. The molecule has 148 valence electrons. The van der Waals surface area contributed by atoms with Crippen molar-refractivity contribution in [3.8, 4) is 5.75 Å². The summed E-state index contributed by atoms with van der Waals surface area (Å²) in [7, 11) is 1.61. The van der Waals surface area contributed by atoms with E-state index in [9.17, 15) is 9.59 Å². The van der Waals surface area contributed by atoms with E-state index in [-0.39, 0.29) is 0 Å². The van der Waals surface area contributed by atoms with Gasteiger partial charge in [0, 0.05) is 12.2 Å². The van der Waals surface area contributed by atoms with Crippen LogP contribution in [-0.4, -0.2) is 25.5 Å². The van der Waals surface area contributed by atoms with Crippen LogP contribution in [0.3, 0.4) is 0 Å². The average molecular weight is 388 g/mol. The number of anilines is 1. The molecule has 0 aliphatic heterocycles. The van der Waals surface area contributed by atoms with E-state index in [1.807, 2.05) is 84.9 Å². The van der Waals surface area contributed by atoms with Gasteiger partial charge >= 0.3 is 11.8 Å². The summed E-state index contributed by atoms with van der Waals surface area (Å²) >= 11 is 0. The lowest BCUT2D eigenvalue weighted by atomic mass is 10.1. The van der Waals surface area contributed by atoms with Crippen LogP contribution >= 0.6 is 0 Å². The number of methoxy groups -OCH3 is 1. The van der Waals surface area contributed by atoms with Gasteiger partial charge in [-0.1, -0.05) is 66.7 Å². The molecule has 29 heavy (non-hydrogen) atoms. The Morgan fingerprint density at radius 3 is 2.17 bits per heavy atom. The Kier molecular flexibility index (Phi) is 7.00. The second-order valence-electron chi connectivity index (χ2n) is 6.53. The lowest BCUT2D eigenvalue weighted by Gasteiger charge is -2.22. The smallest absolute Gasteiger partial charge is 0.316 e. The standard InChI is InChI=1S/C24H24N2O3/c1-29-22-15-9-8-12-20(22)16-17-25-23(27)24(28)26(21-13-6-3-7-14-21)18-19-10-4-2-5-11-19/h2-15H,16-18H2,1H3,(H,25,27). The predicted molar refractivity (Wildman–Crippen MR) is 114 cm³/mol. The summed E-state index contributed by atoms with van der Waals surface area (Å²) in [6, 6.07) is 26.5. The third kappa shape index (κ3) is 5.45. The molecule has 3 aromatic rings. The highest BCUT2D eigenvalue weighted by atomic mass is 16.5. The molecule has 3 rings (SSSR count). The van der Waals surface area contributed by atoms with Crippen LogP contribution < -0.4 is 15.0 Å². The van der Waals surface area contributed by atoms with Crippen molar-refractivity contribution >= 4 is 17.5 Å². The zero-order valence-corrected chi connectivity index (χ0v) is 16.4. The van der Waals surface area contributed by atoms with Crippen LogP contribution in [0.1, 0.15) is 11.1 Å². The number of hydrogen-bond acceptors (Lipinski definition) is 3. The predicted octanol–water partition coefficient (Wildman–Crippen LogP) is 3.59. The van der Waals surface area contributed by atoms with E-state index in [2.05, 4.69) is 5.32 Å². The number of nitrogens with one attached hydrogen (secondary N) is 1. The summed E-state index contributed by atoms with van der Waals surface area (Å²) < 4.78 is 5.32. The monoisotopic (exact) mass is 388 g/mol. The zero-order chi connectivity index (χ0) is 20.5. The van der Waals surface area contributed by atoms with Crippen LogP contribution in [-0.2, 0) is 22.6 Å². The molecule has 0 spiro atoms. The fourth-order valence-electron chi connectivity index (χ4n) is 3.07. The molecule has 0 unspecified atom stereocenters. The van der Waals surface area contributed by atoms with E-state index in [0.717, 1.165) is 16.9 Å². The highest BCUT2D eigenvalue weighted by Gasteiger charge is 2.23. The topological polar surface area (TPSA) is 58.6 Å². The molecule has 0 saturated carbocycles. The van der Waals surface area contributed by atoms with Crippen LogP contribution in [0.25, 0.3) is 0 Å². The number of para-hydroxylation sites is 2. The summed E-state index contributed by atoms with van der Waals surface area (Å²) in [5.41, 5.74) is 2.61. The quantitative estimate of drug-likeness (QED) is 0.630. The van der Waals surface area contributed by atoms with E-state index in [1.165, 1.54) is 4.90 Å². The van der Waals surface area contributed by atoms with Crippen molar-refractivity contribution < 1.29 is 14.3 Å². The number of ether oxygens (including phenoxy) is 1. The summed E-state index contributed by atoms with van der Waals surface area (Å²) in [6.07, 6.45) is 0.576. The van der Waals surface area contributed by atoms with E-state index >= 15 is 0 Å². The van der Waals surface area contributed by atoms with Gasteiger partial charge in [-0.05, 0) is 35.7 Å². The van der Waals surface area contributed by atoms with Crippen LogP contribution in [0, 0.1) is 0 Å². The van der Waals surface area contributed by atoms with E-state index in [1.54, 1.807) is 7.11 Å². The number of hydrogen-bond donors (Lipinski definition) is 1. The largest absolute Gasteiger partial charge is 0.496 e. The number of rotatable bonds is 7. The van der Waals surface area contributed by atoms with E-state index in [0.29, 0.717) is 25.2 Å². The van der Waals surface area contributed by atoms with Gasteiger partial charge in [0.1, 0.15) is 5.75 Å². The maximum Gasteiger partial charge on any atom is 0.316 e. The first kappa shape index (κ1) is 20.1. The molecule has 0 saturated heterocycles. The maximum atomic E-state index is 12.9. The molecule has 0 aliphatic rings. The van der Waals surface area contributed by atoms with Crippen molar-refractivity contribution in [1.29, 1.82) is 0 Å². The minimum atomic E-state index is -0.625. The van der Waals surface area contributed by atoms with Gasteiger partial charge in [0.2, 0.25) is 0 Å². The van der Waals surface area contributed by atoms with Crippen LogP contribution in [0.2, 0.25) is 0 Å². The molecular formula is C24H24N2O3. The molecule has 1 N–H and O–H groups in total. The average Bonchev–Trinajstić information content (AvgIpc) is 2.78. The first-order chi connectivity index (χ1) is 14.2. The molecule has 3 aromatic carbocycles. The van der Waals surface area contributed by atoms with Gasteiger partial charge in [-0.3, -0.25) is 14.5 Å². The van der Waals surface area contributed by atoms with Crippen molar-refractivity contribution in [3.05, 3.63) is 96.1 Å². The SMILES string of the molecule is COc1ccccc1CCNC(=O)C(=O)N(Cc1ccccc1)c1ccccc1. The third-order valence-corrected chi connectivity index (χ3v) is 4.56. The second-order valence-corrected chi connectivity index (χ2v) is 6.53. The van der Waals surface area contributed by atoms with Crippen molar-refractivity contribution in [2.75, 3.05) is 18.6 Å². The molecule has 0 fully saturated rings. The lowest BCUT2D eigenvalue weighted by molar-refractivity contribution is -0.137. The minimum Gasteiger partial charge on any atom is -0.496 e. The van der Waals surface area contributed by atoms with Gasteiger partial charge in [-0.25, -0.2) is 0 Å². The Labute approximate surface area is 170 Å². The zero-order valence-electron chi connectivity index (χ0n) is 16.4. The molecule has 0 radical (unpaired) electrons. The van der Waals surface area contributed by atoms with Gasteiger partial charge in [-0.2, -0.15) is 0 Å². The molecule has 0 atom stereocenters. The maximum absolute atomic E-state index is 12.9. The van der Waals surface area contributed by atoms with Gasteiger partial charge in [0.15, 0.2) is 0 Å². The molecule has 0 bridgehead atoms.